The minimum Gasteiger partial charge on any atom is -0.300 e. The van der Waals surface area contributed by atoms with Crippen LogP contribution in [0.4, 0.5) is 0 Å². The fourth-order valence-corrected chi connectivity index (χ4v) is 6.84. The molecule has 2 atom stereocenters. The van der Waals surface area contributed by atoms with Crippen LogP contribution >= 0.6 is 69.5 Å². The lowest BCUT2D eigenvalue weighted by molar-refractivity contribution is 0.837. The third-order valence-corrected chi connectivity index (χ3v) is 8.83. The monoisotopic (exact) mass is 328 g/mol. The van der Waals surface area contributed by atoms with E-state index < -0.39 is 0 Å². The maximum atomic E-state index is 5.38. The van der Waals surface area contributed by atoms with Gasteiger partial charge in [-0.25, -0.2) is 0 Å². The first-order valence-electron chi connectivity index (χ1n) is 4.89. The molecule has 2 aliphatic heterocycles. The van der Waals surface area contributed by atoms with Crippen molar-refractivity contribution in [2.45, 2.75) is 10.7 Å². The van der Waals surface area contributed by atoms with Crippen molar-refractivity contribution in [1.82, 2.24) is 10.6 Å². The van der Waals surface area contributed by atoms with Crippen molar-refractivity contribution in [1.29, 1.82) is 0 Å². The number of rotatable bonds is 2. The minimum absolute atomic E-state index is 0.333. The van der Waals surface area contributed by atoms with Gasteiger partial charge in [-0.05, 0) is 21.6 Å². The molecule has 0 aliphatic carbocycles. The standard InChI is InChI=1S/C8H12N2S6/c11-7(5-9-1-3-13-5)15-16-8(12)6-10-2-4-14-6/h5-6,9-10H,1-4H2. The van der Waals surface area contributed by atoms with E-state index in [-0.39, 0.29) is 0 Å². The SMILES string of the molecule is S=C(SSC(=S)C1NCCS1)C1NCCS1. The predicted molar refractivity (Wildman–Crippen MR) is 88.9 cm³/mol. The first kappa shape index (κ1) is 13.9. The van der Waals surface area contributed by atoms with Gasteiger partial charge in [-0.1, -0.05) is 24.4 Å². The van der Waals surface area contributed by atoms with Crippen molar-refractivity contribution < 1.29 is 0 Å². The minimum atomic E-state index is 0.333. The van der Waals surface area contributed by atoms with Crippen molar-refractivity contribution in [3.63, 3.8) is 0 Å². The molecule has 2 nitrogen and oxygen atoms in total. The second kappa shape index (κ2) is 7.18. The average molecular weight is 329 g/mol. The smallest absolute Gasteiger partial charge is 0.0961 e. The highest BCUT2D eigenvalue weighted by atomic mass is 33.1. The van der Waals surface area contributed by atoms with E-state index in [1.807, 2.05) is 23.5 Å². The van der Waals surface area contributed by atoms with Crippen LogP contribution in [-0.2, 0) is 0 Å². The Bertz CT molecular complexity index is 244. The van der Waals surface area contributed by atoms with Crippen LogP contribution in [0.1, 0.15) is 0 Å². The van der Waals surface area contributed by atoms with Crippen LogP contribution in [0.2, 0.25) is 0 Å². The molecule has 2 rings (SSSR count). The molecule has 0 aromatic carbocycles. The summed E-state index contributed by atoms with van der Waals surface area (Å²) in [7, 11) is 3.28. The second-order valence-electron chi connectivity index (χ2n) is 3.21. The van der Waals surface area contributed by atoms with Gasteiger partial charge in [0, 0.05) is 24.6 Å². The lowest BCUT2D eigenvalue weighted by Crippen LogP contribution is -2.27. The fourth-order valence-electron chi connectivity index (χ4n) is 1.32. The first-order chi connectivity index (χ1) is 7.77. The topological polar surface area (TPSA) is 24.1 Å². The summed E-state index contributed by atoms with van der Waals surface area (Å²) in [6, 6.07) is 0. The molecule has 0 bridgehead atoms. The molecule has 0 amide bonds. The van der Waals surface area contributed by atoms with E-state index in [9.17, 15) is 0 Å². The number of hydrogen-bond acceptors (Lipinski definition) is 8. The Morgan fingerprint density at radius 1 is 0.938 bits per heavy atom. The summed E-state index contributed by atoms with van der Waals surface area (Å²) in [5, 5.41) is 7.41. The summed E-state index contributed by atoms with van der Waals surface area (Å²) < 4.78 is 2.02. The molecule has 0 spiro atoms. The summed E-state index contributed by atoms with van der Waals surface area (Å²) in [6.07, 6.45) is 0. The van der Waals surface area contributed by atoms with Crippen LogP contribution in [0.25, 0.3) is 0 Å². The van der Waals surface area contributed by atoms with E-state index in [1.165, 1.54) is 0 Å². The normalized spacial score (nSPS) is 29.5. The molecule has 8 heteroatoms. The Labute approximate surface area is 123 Å². The molecular weight excluding hydrogens is 317 g/mol. The summed E-state index contributed by atoms with van der Waals surface area (Å²) in [4.78, 5) is 0. The van der Waals surface area contributed by atoms with Gasteiger partial charge in [-0.3, -0.25) is 10.6 Å². The van der Waals surface area contributed by atoms with Crippen molar-refractivity contribution in [3.05, 3.63) is 0 Å². The molecule has 2 fully saturated rings. The number of hydrogen-bond donors (Lipinski definition) is 2. The van der Waals surface area contributed by atoms with Gasteiger partial charge in [0.2, 0.25) is 0 Å². The quantitative estimate of drug-likeness (QED) is 0.589. The molecule has 16 heavy (non-hydrogen) atoms. The molecule has 2 heterocycles. The van der Waals surface area contributed by atoms with E-state index in [4.69, 9.17) is 24.4 Å². The van der Waals surface area contributed by atoms with Gasteiger partial charge in [-0.2, -0.15) is 0 Å². The zero-order chi connectivity index (χ0) is 11.4. The molecule has 90 valence electrons. The van der Waals surface area contributed by atoms with Gasteiger partial charge >= 0.3 is 0 Å². The van der Waals surface area contributed by atoms with Crippen LogP contribution in [0.15, 0.2) is 0 Å². The van der Waals surface area contributed by atoms with Gasteiger partial charge in [0.05, 0.1) is 19.1 Å². The Morgan fingerprint density at radius 2 is 1.38 bits per heavy atom. The Morgan fingerprint density at radius 3 is 1.69 bits per heavy atom. The maximum Gasteiger partial charge on any atom is 0.0961 e. The average Bonchev–Trinajstić information content (AvgIpc) is 2.95. The number of nitrogens with one attached hydrogen (secondary N) is 2. The zero-order valence-corrected chi connectivity index (χ0v) is 13.3. The Balaban J connectivity index is 1.69. The number of thiocarbonyl (C=S) groups is 2. The molecule has 0 aromatic heterocycles. The van der Waals surface area contributed by atoms with E-state index in [2.05, 4.69) is 10.6 Å². The summed E-state index contributed by atoms with van der Waals surface area (Å²) in [5.41, 5.74) is 0. The van der Waals surface area contributed by atoms with Crippen LogP contribution in [0.5, 0.6) is 0 Å². The molecule has 2 N–H and O–H groups in total. The van der Waals surface area contributed by atoms with E-state index in [0.717, 1.165) is 33.0 Å². The van der Waals surface area contributed by atoms with Crippen LogP contribution in [0, 0.1) is 0 Å². The predicted octanol–water partition coefficient (Wildman–Crippen LogP) is 2.35. The molecule has 0 radical (unpaired) electrons. The summed E-state index contributed by atoms with van der Waals surface area (Å²) >= 11 is 14.5. The molecule has 0 saturated carbocycles. The molecule has 2 aliphatic rings. The van der Waals surface area contributed by atoms with Gasteiger partial charge in [0.25, 0.3) is 0 Å². The second-order valence-corrected chi connectivity index (χ2v) is 9.25. The van der Waals surface area contributed by atoms with Gasteiger partial charge in [0.1, 0.15) is 0 Å². The van der Waals surface area contributed by atoms with Crippen molar-refractivity contribution >= 4 is 77.9 Å². The maximum absolute atomic E-state index is 5.38. The molecule has 2 unspecified atom stereocenters. The van der Waals surface area contributed by atoms with Crippen molar-refractivity contribution in [2.75, 3.05) is 24.6 Å². The zero-order valence-electron chi connectivity index (χ0n) is 8.43. The van der Waals surface area contributed by atoms with E-state index >= 15 is 0 Å². The Kier molecular flexibility index (Phi) is 6.25. The van der Waals surface area contributed by atoms with Crippen molar-refractivity contribution in [2.24, 2.45) is 0 Å². The summed E-state index contributed by atoms with van der Waals surface area (Å²) in [6.45, 7) is 2.12. The highest BCUT2D eigenvalue weighted by Gasteiger charge is 2.23. The summed E-state index contributed by atoms with van der Waals surface area (Å²) in [5.74, 6) is 2.31. The van der Waals surface area contributed by atoms with Gasteiger partial charge < -0.3 is 0 Å². The van der Waals surface area contributed by atoms with Gasteiger partial charge in [-0.15, -0.1) is 23.5 Å². The lowest BCUT2D eigenvalue weighted by atomic mass is 10.7. The third kappa shape index (κ3) is 4.01. The highest BCUT2D eigenvalue weighted by molar-refractivity contribution is 8.90. The number of thioether (sulfide) groups is 2. The Hall–Kier alpha value is 1.50. The fraction of sp³-hybridized carbons (Fsp3) is 0.750. The van der Waals surface area contributed by atoms with Crippen LogP contribution in [0.3, 0.4) is 0 Å². The van der Waals surface area contributed by atoms with E-state index in [0.29, 0.717) is 10.7 Å². The molecule has 2 saturated heterocycles. The lowest BCUT2D eigenvalue weighted by Gasteiger charge is -2.12. The molecular formula is C8H12N2S6. The van der Waals surface area contributed by atoms with Crippen molar-refractivity contribution in [3.8, 4) is 0 Å². The largest absolute Gasteiger partial charge is 0.300 e. The highest BCUT2D eigenvalue weighted by Crippen LogP contribution is 2.34. The first-order valence-corrected chi connectivity index (χ1v) is 9.96. The molecule has 0 aromatic rings. The van der Waals surface area contributed by atoms with E-state index in [1.54, 1.807) is 21.6 Å². The third-order valence-electron chi connectivity index (χ3n) is 2.07. The van der Waals surface area contributed by atoms with Gasteiger partial charge in [0.15, 0.2) is 0 Å². The van der Waals surface area contributed by atoms with Crippen LogP contribution in [-0.4, -0.2) is 43.7 Å². The van der Waals surface area contributed by atoms with Crippen LogP contribution < -0.4 is 10.6 Å².